The Kier molecular flexibility index (Phi) is 4.25. The number of amides is 1. The summed E-state index contributed by atoms with van der Waals surface area (Å²) in [5.74, 6) is 0.552. The van der Waals surface area contributed by atoms with E-state index in [1.165, 1.54) is 19.3 Å². The van der Waals surface area contributed by atoms with Crippen LogP contribution in [0.2, 0.25) is 0 Å². The normalized spacial score (nSPS) is 19.9. The van der Waals surface area contributed by atoms with Gasteiger partial charge in [0.05, 0.1) is 6.10 Å². The van der Waals surface area contributed by atoms with Crippen LogP contribution in [-0.4, -0.2) is 24.4 Å². The number of benzene rings is 1. The van der Waals surface area contributed by atoms with Gasteiger partial charge >= 0.3 is 0 Å². The first-order valence-corrected chi connectivity index (χ1v) is 7.95. The molecule has 5 nitrogen and oxygen atoms in total. The fourth-order valence-corrected chi connectivity index (χ4v) is 2.92. The van der Waals surface area contributed by atoms with Crippen LogP contribution >= 0.6 is 0 Å². The third-order valence-corrected chi connectivity index (χ3v) is 3.94. The predicted octanol–water partition coefficient (Wildman–Crippen LogP) is 3.48. The molecule has 1 aromatic rings. The zero-order valence-electron chi connectivity index (χ0n) is 13.2. The number of hydrogen-bond donors (Lipinski definition) is 1. The molecule has 0 aromatic heterocycles. The standard InChI is InChI=1S/C17H23NO4/c1-17(2)21-14-9-8-12(10-15(14)22-17)18-16(19)11-20-13-6-4-3-5-7-13/h8-10,13H,3-7,11H2,1-2H3,(H,18,19). The summed E-state index contributed by atoms with van der Waals surface area (Å²) < 4.78 is 17.0. The molecule has 1 aliphatic heterocycles. The Morgan fingerprint density at radius 1 is 1.23 bits per heavy atom. The lowest BCUT2D eigenvalue weighted by molar-refractivity contribution is -0.123. The number of anilines is 1. The van der Waals surface area contributed by atoms with Gasteiger partial charge in [0, 0.05) is 25.6 Å². The second-order valence-corrected chi connectivity index (χ2v) is 6.38. The van der Waals surface area contributed by atoms with Crippen LogP contribution in [0.4, 0.5) is 5.69 Å². The molecule has 1 saturated carbocycles. The van der Waals surface area contributed by atoms with Crippen molar-refractivity contribution in [2.24, 2.45) is 0 Å². The average molecular weight is 305 g/mol. The number of fused-ring (bicyclic) bond motifs is 1. The Bertz CT molecular complexity index is 550. The van der Waals surface area contributed by atoms with Crippen molar-refractivity contribution in [2.75, 3.05) is 11.9 Å². The second-order valence-electron chi connectivity index (χ2n) is 6.38. The summed E-state index contributed by atoms with van der Waals surface area (Å²) in [7, 11) is 0. The lowest BCUT2D eigenvalue weighted by atomic mass is 9.98. The highest BCUT2D eigenvalue weighted by Crippen LogP contribution is 2.40. The van der Waals surface area contributed by atoms with Gasteiger partial charge in [0.2, 0.25) is 11.7 Å². The number of hydrogen-bond acceptors (Lipinski definition) is 4. The van der Waals surface area contributed by atoms with E-state index in [4.69, 9.17) is 14.2 Å². The Hall–Kier alpha value is -1.75. The maximum atomic E-state index is 12.0. The highest BCUT2D eigenvalue weighted by Gasteiger charge is 2.31. The molecule has 1 amide bonds. The van der Waals surface area contributed by atoms with E-state index >= 15 is 0 Å². The molecule has 1 heterocycles. The first-order valence-electron chi connectivity index (χ1n) is 7.95. The molecule has 0 bridgehead atoms. The van der Waals surface area contributed by atoms with Crippen LogP contribution in [0.15, 0.2) is 18.2 Å². The van der Waals surface area contributed by atoms with Crippen LogP contribution < -0.4 is 14.8 Å². The third kappa shape index (κ3) is 3.71. The van der Waals surface area contributed by atoms with Crippen molar-refractivity contribution in [3.05, 3.63) is 18.2 Å². The van der Waals surface area contributed by atoms with Gasteiger partial charge in [-0.05, 0) is 25.0 Å². The zero-order valence-corrected chi connectivity index (χ0v) is 13.2. The van der Waals surface area contributed by atoms with E-state index in [0.29, 0.717) is 17.2 Å². The van der Waals surface area contributed by atoms with Crippen molar-refractivity contribution in [1.82, 2.24) is 0 Å². The first-order chi connectivity index (χ1) is 10.5. The van der Waals surface area contributed by atoms with E-state index in [0.717, 1.165) is 12.8 Å². The van der Waals surface area contributed by atoms with Crippen LogP contribution in [0.1, 0.15) is 46.0 Å². The van der Waals surface area contributed by atoms with Crippen molar-refractivity contribution >= 4 is 11.6 Å². The molecule has 120 valence electrons. The lowest BCUT2D eigenvalue weighted by Gasteiger charge is -2.21. The zero-order chi connectivity index (χ0) is 15.6. The minimum absolute atomic E-state index is 0.102. The molecule has 5 heteroatoms. The fourth-order valence-electron chi connectivity index (χ4n) is 2.92. The summed E-state index contributed by atoms with van der Waals surface area (Å²) in [4.78, 5) is 12.0. The molecule has 0 unspecified atom stereocenters. The molecule has 1 fully saturated rings. The van der Waals surface area contributed by atoms with Crippen LogP contribution in [0, 0.1) is 0 Å². The van der Waals surface area contributed by atoms with E-state index < -0.39 is 5.79 Å². The number of carbonyl (C=O) groups excluding carboxylic acids is 1. The Morgan fingerprint density at radius 3 is 2.73 bits per heavy atom. The maximum absolute atomic E-state index is 12.0. The highest BCUT2D eigenvalue weighted by atomic mass is 16.7. The van der Waals surface area contributed by atoms with Crippen molar-refractivity contribution < 1.29 is 19.0 Å². The molecule has 1 aliphatic carbocycles. The number of ether oxygens (including phenoxy) is 3. The number of rotatable bonds is 4. The summed E-state index contributed by atoms with van der Waals surface area (Å²) in [6.07, 6.45) is 6.03. The van der Waals surface area contributed by atoms with Crippen molar-refractivity contribution in [1.29, 1.82) is 0 Å². The van der Waals surface area contributed by atoms with Crippen molar-refractivity contribution in [3.8, 4) is 11.5 Å². The molecular formula is C17H23NO4. The van der Waals surface area contributed by atoms with Crippen LogP contribution in [0.5, 0.6) is 11.5 Å². The number of carbonyl (C=O) groups is 1. The maximum Gasteiger partial charge on any atom is 0.250 e. The van der Waals surface area contributed by atoms with E-state index in [-0.39, 0.29) is 18.6 Å². The van der Waals surface area contributed by atoms with E-state index in [1.807, 2.05) is 26.0 Å². The lowest BCUT2D eigenvalue weighted by Crippen LogP contribution is -2.29. The summed E-state index contributed by atoms with van der Waals surface area (Å²) in [5, 5.41) is 2.84. The van der Waals surface area contributed by atoms with Crippen LogP contribution in [-0.2, 0) is 9.53 Å². The van der Waals surface area contributed by atoms with Gasteiger partial charge in [-0.25, -0.2) is 0 Å². The van der Waals surface area contributed by atoms with Gasteiger partial charge in [0.1, 0.15) is 6.61 Å². The molecule has 0 radical (unpaired) electrons. The minimum Gasteiger partial charge on any atom is -0.449 e. The Morgan fingerprint density at radius 2 is 1.95 bits per heavy atom. The molecular weight excluding hydrogens is 282 g/mol. The topological polar surface area (TPSA) is 56.8 Å². The molecule has 1 N–H and O–H groups in total. The number of nitrogens with one attached hydrogen (secondary N) is 1. The summed E-state index contributed by atoms with van der Waals surface area (Å²) >= 11 is 0. The van der Waals surface area contributed by atoms with Gasteiger partial charge in [0.15, 0.2) is 11.5 Å². The van der Waals surface area contributed by atoms with Crippen LogP contribution in [0.3, 0.4) is 0 Å². The Labute approximate surface area is 130 Å². The minimum atomic E-state index is -0.658. The van der Waals surface area contributed by atoms with E-state index in [2.05, 4.69) is 5.32 Å². The Balaban J connectivity index is 1.52. The highest BCUT2D eigenvalue weighted by molar-refractivity contribution is 5.92. The summed E-state index contributed by atoms with van der Waals surface area (Å²) in [6, 6.07) is 5.40. The van der Waals surface area contributed by atoms with Gasteiger partial charge in [0.25, 0.3) is 0 Å². The monoisotopic (exact) mass is 305 g/mol. The molecule has 0 atom stereocenters. The van der Waals surface area contributed by atoms with Gasteiger partial charge in [-0.15, -0.1) is 0 Å². The third-order valence-electron chi connectivity index (χ3n) is 3.94. The smallest absolute Gasteiger partial charge is 0.250 e. The molecule has 1 aromatic carbocycles. The molecule has 2 aliphatic rings. The molecule has 3 rings (SSSR count). The van der Waals surface area contributed by atoms with Crippen molar-refractivity contribution in [3.63, 3.8) is 0 Å². The van der Waals surface area contributed by atoms with E-state index in [9.17, 15) is 4.79 Å². The van der Waals surface area contributed by atoms with Gasteiger partial charge in [-0.3, -0.25) is 4.79 Å². The largest absolute Gasteiger partial charge is 0.449 e. The molecule has 0 spiro atoms. The van der Waals surface area contributed by atoms with Gasteiger partial charge in [-0.1, -0.05) is 19.3 Å². The SMILES string of the molecule is CC1(C)Oc2ccc(NC(=O)COC3CCCCC3)cc2O1. The first kappa shape index (κ1) is 15.2. The van der Waals surface area contributed by atoms with E-state index in [1.54, 1.807) is 6.07 Å². The predicted molar refractivity (Wildman–Crippen MR) is 83.2 cm³/mol. The average Bonchev–Trinajstić information content (AvgIpc) is 2.79. The van der Waals surface area contributed by atoms with Crippen LogP contribution in [0.25, 0.3) is 0 Å². The van der Waals surface area contributed by atoms with Gasteiger partial charge in [-0.2, -0.15) is 0 Å². The summed E-state index contributed by atoms with van der Waals surface area (Å²) in [5.41, 5.74) is 0.692. The van der Waals surface area contributed by atoms with Crippen molar-refractivity contribution in [2.45, 2.75) is 57.8 Å². The second kappa shape index (κ2) is 6.16. The molecule has 0 saturated heterocycles. The quantitative estimate of drug-likeness (QED) is 0.925. The fraction of sp³-hybridized carbons (Fsp3) is 0.588. The van der Waals surface area contributed by atoms with Gasteiger partial charge < -0.3 is 19.5 Å². The summed E-state index contributed by atoms with van der Waals surface area (Å²) in [6.45, 7) is 3.80. The molecule has 22 heavy (non-hydrogen) atoms.